The second kappa shape index (κ2) is 10.5. The van der Waals surface area contributed by atoms with Crippen LogP contribution in [0.25, 0.3) is 0 Å². The van der Waals surface area contributed by atoms with Crippen LogP contribution in [0.15, 0.2) is 4.99 Å². The normalized spacial score (nSPS) is 23.2. The van der Waals surface area contributed by atoms with Gasteiger partial charge in [-0.3, -0.25) is 9.89 Å². The summed E-state index contributed by atoms with van der Waals surface area (Å²) in [5.74, 6) is 2.11. The number of rotatable bonds is 7. The molecule has 0 aromatic rings. The van der Waals surface area contributed by atoms with E-state index in [4.69, 9.17) is 4.99 Å². The van der Waals surface area contributed by atoms with E-state index >= 15 is 0 Å². The van der Waals surface area contributed by atoms with Crippen LogP contribution >= 0.6 is 11.8 Å². The van der Waals surface area contributed by atoms with Gasteiger partial charge in [-0.2, -0.15) is 11.8 Å². The fourth-order valence-corrected chi connectivity index (χ4v) is 4.12. The molecule has 140 valence electrons. The largest absolute Gasteiger partial charge is 0.357 e. The second-order valence-electron chi connectivity index (χ2n) is 7.19. The Morgan fingerprint density at radius 1 is 1.08 bits per heavy atom. The smallest absolute Gasteiger partial charge is 0.191 e. The lowest BCUT2D eigenvalue weighted by Gasteiger charge is -2.49. The van der Waals surface area contributed by atoms with E-state index in [-0.39, 0.29) is 5.54 Å². The summed E-state index contributed by atoms with van der Waals surface area (Å²) in [4.78, 5) is 10.2. The molecule has 2 heterocycles. The lowest BCUT2D eigenvalue weighted by Crippen LogP contribution is -2.58. The summed E-state index contributed by atoms with van der Waals surface area (Å²) >= 11 is 1.87. The van der Waals surface area contributed by atoms with Crippen molar-refractivity contribution in [2.45, 2.75) is 44.6 Å². The Kier molecular flexibility index (Phi) is 8.70. The van der Waals surface area contributed by atoms with Gasteiger partial charge in [-0.05, 0) is 72.1 Å². The van der Waals surface area contributed by atoms with Gasteiger partial charge in [-0.1, -0.05) is 6.42 Å². The third kappa shape index (κ3) is 5.81. The summed E-state index contributed by atoms with van der Waals surface area (Å²) in [7, 11) is 2.25. The molecule has 0 aromatic carbocycles. The van der Waals surface area contributed by atoms with Crippen LogP contribution in [-0.4, -0.2) is 86.2 Å². The number of nitrogens with zero attached hydrogens (tertiary/aromatic N) is 3. The van der Waals surface area contributed by atoms with E-state index in [1.165, 1.54) is 58.3 Å². The van der Waals surface area contributed by atoms with Crippen LogP contribution in [0.2, 0.25) is 0 Å². The molecule has 24 heavy (non-hydrogen) atoms. The second-order valence-corrected chi connectivity index (χ2v) is 8.18. The van der Waals surface area contributed by atoms with E-state index in [1.807, 2.05) is 11.8 Å². The Balaban J connectivity index is 2.03. The quantitative estimate of drug-likeness (QED) is 0.414. The molecule has 2 aliphatic heterocycles. The molecule has 2 aliphatic rings. The maximum atomic E-state index is 5.01. The summed E-state index contributed by atoms with van der Waals surface area (Å²) < 4.78 is 0. The van der Waals surface area contributed by atoms with E-state index in [1.54, 1.807) is 0 Å². The van der Waals surface area contributed by atoms with Gasteiger partial charge in [0.25, 0.3) is 0 Å². The minimum Gasteiger partial charge on any atom is -0.357 e. The average molecular weight is 356 g/mol. The first-order chi connectivity index (χ1) is 11.7. The van der Waals surface area contributed by atoms with E-state index in [2.05, 4.69) is 40.7 Å². The monoisotopic (exact) mass is 355 g/mol. The SMILES string of the molecule is CCNC(=NCC1(N2CCCCC2)CCN(C)CC1)NCCSC. The highest BCUT2D eigenvalue weighted by Gasteiger charge is 2.39. The van der Waals surface area contributed by atoms with Crippen molar-refractivity contribution in [3.05, 3.63) is 0 Å². The van der Waals surface area contributed by atoms with Gasteiger partial charge in [0.15, 0.2) is 5.96 Å². The molecule has 2 N–H and O–H groups in total. The summed E-state index contributed by atoms with van der Waals surface area (Å²) in [6, 6.07) is 0. The van der Waals surface area contributed by atoms with Gasteiger partial charge in [0.2, 0.25) is 0 Å². The first-order valence-electron chi connectivity index (χ1n) is 9.65. The standard InChI is InChI=1S/C18H37N5S/c1-4-19-17(20-10-15-24-3)21-16-18(8-13-22(2)14-9-18)23-11-6-5-7-12-23/h4-16H2,1-3H3,(H2,19,20,21). The molecule has 0 unspecified atom stereocenters. The summed E-state index contributed by atoms with van der Waals surface area (Å²) in [6.45, 7) is 9.88. The lowest BCUT2D eigenvalue weighted by molar-refractivity contribution is 0.0208. The number of aliphatic imine (C=N–C) groups is 1. The fraction of sp³-hybridized carbons (Fsp3) is 0.944. The van der Waals surface area contributed by atoms with E-state index in [0.717, 1.165) is 31.3 Å². The van der Waals surface area contributed by atoms with Crippen molar-refractivity contribution in [3.63, 3.8) is 0 Å². The minimum atomic E-state index is 0.273. The predicted molar refractivity (Wildman–Crippen MR) is 107 cm³/mol. The number of hydrogen-bond acceptors (Lipinski definition) is 4. The third-order valence-corrected chi connectivity index (χ3v) is 6.03. The Bertz CT molecular complexity index is 374. The van der Waals surface area contributed by atoms with Crippen molar-refractivity contribution in [1.82, 2.24) is 20.4 Å². The molecule has 0 amide bonds. The van der Waals surface area contributed by atoms with Gasteiger partial charge in [-0.25, -0.2) is 0 Å². The van der Waals surface area contributed by atoms with Crippen LogP contribution in [-0.2, 0) is 0 Å². The number of likely N-dealkylation sites (tertiary alicyclic amines) is 2. The molecule has 0 spiro atoms. The molecule has 2 saturated heterocycles. The first kappa shape index (κ1) is 19.9. The van der Waals surface area contributed by atoms with Crippen LogP contribution < -0.4 is 10.6 Å². The number of nitrogens with one attached hydrogen (secondary N) is 2. The van der Waals surface area contributed by atoms with Gasteiger partial charge in [0.05, 0.1) is 6.54 Å². The Labute approximate surface area is 153 Å². The Morgan fingerprint density at radius 3 is 2.42 bits per heavy atom. The van der Waals surface area contributed by atoms with E-state index in [0.29, 0.717) is 0 Å². The number of thioether (sulfide) groups is 1. The highest BCUT2D eigenvalue weighted by molar-refractivity contribution is 7.98. The Morgan fingerprint density at radius 2 is 1.79 bits per heavy atom. The number of piperidine rings is 2. The van der Waals surface area contributed by atoms with Crippen LogP contribution in [0, 0.1) is 0 Å². The maximum absolute atomic E-state index is 5.01. The van der Waals surface area contributed by atoms with Gasteiger partial charge in [-0.15, -0.1) is 0 Å². The van der Waals surface area contributed by atoms with Crippen LogP contribution in [0.1, 0.15) is 39.0 Å². The van der Waals surface area contributed by atoms with Crippen molar-refractivity contribution in [2.24, 2.45) is 4.99 Å². The van der Waals surface area contributed by atoms with Crippen molar-refractivity contribution in [2.75, 3.05) is 64.9 Å². The highest BCUT2D eigenvalue weighted by Crippen LogP contribution is 2.31. The minimum absolute atomic E-state index is 0.273. The molecule has 0 aliphatic carbocycles. The summed E-state index contributed by atoms with van der Waals surface area (Å²) in [5.41, 5.74) is 0.273. The molecular formula is C18H37N5S. The van der Waals surface area contributed by atoms with Gasteiger partial charge >= 0.3 is 0 Å². The molecular weight excluding hydrogens is 318 g/mol. The van der Waals surface area contributed by atoms with Crippen molar-refractivity contribution >= 4 is 17.7 Å². The topological polar surface area (TPSA) is 42.9 Å². The molecule has 0 radical (unpaired) electrons. The van der Waals surface area contributed by atoms with Gasteiger partial charge in [0, 0.05) is 24.4 Å². The van der Waals surface area contributed by atoms with E-state index < -0.39 is 0 Å². The Hall–Kier alpha value is -0.460. The zero-order valence-electron chi connectivity index (χ0n) is 15.9. The number of hydrogen-bond donors (Lipinski definition) is 2. The average Bonchev–Trinajstić information content (AvgIpc) is 2.62. The first-order valence-corrected chi connectivity index (χ1v) is 11.0. The van der Waals surface area contributed by atoms with Gasteiger partial charge < -0.3 is 15.5 Å². The molecule has 0 saturated carbocycles. The molecule has 0 aromatic heterocycles. The fourth-order valence-electron chi connectivity index (χ4n) is 3.82. The predicted octanol–water partition coefficient (Wildman–Crippen LogP) is 1.85. The molecule has 2 rings (SSSR count). The molecule has 5 nitrogen and oxygen atoms in total. The van der Waals surface area contributed by atoms with Crippen LogP contribution in [0.4, 0.5) is 0 Å². The molecule has 6 heteroatoms. The molecule has 2 fully saturated rings. The van der Waals surface area contributed by atoms with Crippen LogP contribution in [0.3, 0.4) is 0 Å². The van der Waals surface area contributed by atoms with Crippen molar-refractivity contribution < 1.29 is 0 Å². The third-order valence-electron chi connectivity index (χ3n) is 5.42. The van der Waals surface area contributed by atoms with Crippen LogP contribution in [0.5, 0.6) is 0 Å². The summed E-state index contributed by atoms with van der Waals surface area (Å²) in [5, 5.41) is 6.89. The molecule has 0 atom stereocenters. The van der Waals surface area contributed by atoms with Crippen molar-refractivity contribution in [3.8, 4) is 0 Å². The lowest BCUT2D eigenvalue weighted by atomic mass is 9.84. The van der Waals surface area contributed by atoms with E-state index in [9.17, 15) is 0 Å². The summed E-state index contributed by atoms with van der Waals surface area (Å²) in [6.07, 6.45) is 8.75. The van der Waals surface area contributed by atoms with Gasteiger partial charge in [0.1, 0.15) is 0 Å². The zero-order chi connectivity index (χ0) is 17.3. The number of guanidine groups is 1. The molecule has 0 bridgehead atoms. The maximum Gasteiger partial charge on any atom is 0.191 e. The highest BCUT2D eigenvalue weighted by atomic mass is 32.2. The van der Waals surface area contributed by atoms with Crippen molar-refractivity contribution in [1.29, 1.82) is 0 Å². The zero-order valence-corrected chi connectivity index (χ0v) is 16.8.